The first-order valence-electron chi connectivity index (χ1n) is 12.8. The Morgan fingerprint density at radius 2 is 1.56 bits per heavy atom. The van der Waals surface area contributed by atoms with Crippen molar-refractivity contribution < 1.29 is 69.3 Å². The summed E-state index contributed by atoms with van der Waals surface area (Å²) < 4.78 is 33.6. The largest absolute Gasteiger partial charge is 0.393 e. The van der Waals surface area contributed by atoms with Crippen LogP contribution in [0, 0.1) is 0 Å². The SMILES string of the molecule is C[C@@H]1O[C@@H](OC[C@H]2O[C@@H](OCCc3ccccc3)[C@H](O[C@@H]3OC[C@](O)(CO)[C@H]3O)[C@@H](O)[C@@H]2O)[C@H](O)[C@H](O)[C@H]1O. The first kappa shape index (κ1) is 30.6. The van der Waals surface area contributed by atoms with Crippen molar-refractivity contribution in [2.24, 2.45) is 0 Å². The van der Waals surface area contributed by atoms with Gasteiger partial charge in [-0.3, -0.25) is 0 Å². The van der Waals surface area contributed by atoms with Crippen molar-refractivity contribution >= 4 is 0 Å². The first-order chi connectivity index (χ1) is 18.6. The average molecular weight is 563 g/mol. The Bertz CT molecular complexity index is 893. The lowest BCUT2D eigenvalue weighted by Gasteiger charge is -2.44. The molecule has 3 heterocycles. The molecule has 3 saturated heterocycles. The molecule has 39 heavy (non-hydrogen) atoms. The molecule has 14 heteroatoms. The van der Waals surface area contributed by atoms with Crippen LogP contribution in [-0.4, -0.2) is 147 Å². The van der Waals surface area contributed by atoms with Crippen molar-refractivity contribution in [3.63, 3.8) is 0 Å². The number of hydrogen-bond donors (Lipinski definition) is 8. The van der Waals surface area contributed by atoms with Gasteiger partial charge in [-0.1, -0.05) is 30.3 Å². The summed E-state index contributed by atoms with van der Waals surface area (Å²) in [5.41, 5.74) is -1.01. The third kappa shape index (κ3) is 6.77. The molecule has 0 amide bonds. The number of hydrogen-bond acceptors (Lipinski definition) is 14. The highest BCUT2D eigenvalue weighted by Gasteiger charge is 2.53. The predicted octanol–water partition coefficient (Wildman–Crippen LogP) is -3.64. The Labute approximate surface area is 224 Å². The summed E-state index contributed by atoms with van der Waals surface area (Å²) in [5.74, 6) is 0. The number of aliphatic hydroxyl groups excluding tert-OH is 7. The second-order valence-electron chi connectivity index (χ2n) is 10.1. The van der Waals surface area contributed by atoms with Crippen LogP contribution in [0.15, 0.2) is 30.3 Å². The van der Waals surface area contributed by atoms with E-state index in [2.05, 4.69) is 0 Å². The molecule has 0 aliphatic carbocycles. The summed E-state index contributed by atoms with van der Waals surface area (Å²) in [6.07, 6.45) is -16.4. The number of aliphatic hydroxyl groups is 8. The zero-order valence-corrected chi connectivity index (χ0v) is 21.4. The summed E-state index contributed by atoms with van der Waals surface area (Å²) >= 11 is 0. The molecule has 1 aromatic carbocycles. The van der Waals surface area contributed by atoms with Crippen LogP contribution in [0.1, 0.15) is 12.5 Å². The van der Waals surface area contributed by atoms with E-state index in [1.807, 2.05) is 30.3 Å². The molecule has 14 nitrogen and oxygen atoms in total. The van der Waals surface area contributed by atoms with E-state index >= 15 is 0 Å². The molecule has 0 aromatic heterocycles. The van der Waals surface area contributed by atoms with E-state index in [9.17, 15) is 40.9 Å². The minimum atomic E-state index is -1.97. The van der Waals surface area contributed by atoms with E-state index in [1.165, 1.54) is 6.92 Å². The smallest absolute Gasteiger partial charge is 0.187 e. The normalized spacial score (nSPS) is 44.9. The van der Waals surface area contributed by atoms with Crippen molar-refractivity contribution in [3.8, 4) is 0 Å². The van der Waals surface area contributed by atoms with Crippen LogP contribution in [-0.2, 0) is 34.8 Å². The Hall–Kier alpha value is -1.34. The Morgan fingerprint density at radius 3 is 2.23 bits per heavy atom. The second-order valence-corrected chi connectivity index (χ2v) is 10.1. The molecule has 1 aromatic rings. The second kappa shape index (κ2) is 13.1. The summed E-state index contributed by atoms with van der Waals surface area (Å²) in [4.78, 5) is 0. The van der Waals surface area contributed by atoms with Crippen LogP contribution in [0.2, 0.25) is 0 Å². The third-order valence-corrected chi connectivity index (χ3v) is 7.26. The van der Waals surface area contributed by atoms with Gasteiger partial charge in [0.2, 0.25) is 0 Å². The van der Waals surface area contributed by atoms with Crippen molar-refractivity contribution in [2.45, 2.75) is 92.8 Å². The van der Waals surface area contributed by atoms with Crippen LogP contribution >= 0.6 is 0 Å². The zero-order valence-electron chi connectivity index (χ0n) is 21.4. The van der Waals surface area contributed by atoms with Gasteiger partial charge < -0.3 is 69.3 Å². The molecular formula is C25H38O14. The number of rotatable bonds is 10. The first-order valence-corrected chi connectivity index (χ1v) is 12.8. The van der Waals surface area contributed by atoms with E-state index in [4.69, 9.17) is 28.4 Å². The van der Waals surface area contributed by atoms with Gasteiger partial charge in [-0.2, -0.15) is 0 Å². The molecular weight excluding hydrogens is 524 g/mol. The van der Waals surface area contributed by atoms with Crippen molar-refractivity contribution in [2.75, 3.05) is 26.4 Å². The Morgan fingerprint density at radius 1 is 0.846 bits per heavy atom. The molecule has 0 unspecified atom stereocenters. The third-order valence-electron chi connectivity index (χ3n) is 7.26. The lowest BCUT2D eigenvalue weighted by molar-refractivity contribution is -0.347. The molecule has 0 spiro atoms. The van der Waals surface area contributed by atoms with Gasteiger partial charge >= 0.3 is 0 Å². The lowest BCUT2D eigenvalue weighted by Crippen LogP contribution is -2.62. The molecule has 222 valence electrons. The fourth-order valence-corrected chi connectivity index (χ4v) is 4.66. The Kier molecular flexibility index (Phi) is 10.3. The molecule has 13 atom stereocenters. The van der Waals surface area contributed by atoms with Crippen LogP contribution in [0.3, 0.4) is 0 Å². The Balaban J connectivity index is 1.43. The van der Waals surface area contributed by atoms with Crippen LogP contribution in [0.25, 0.3) is 0 Å². The molecule has 0 radical (unpaired) electrons. The number of benzene rings is 1. The van der Waals surface area contributed by atoms with Gasteiger partial charge in [-0.25, -0.2) is 0 Å². The number of ether oxygens (including phenoxy) is 6. The molecule has 3 aliphatic heterocycles. The van der Waals surface area contributed by atoms with Crippen molar-refractivity contribution in [1.82, 2.24) is 0 Å². The van der Waals surface area contributed by atoms with Crippen LogP contribution in [0.5, 0.6) is 0 Å². The maximum absolute atomic E-state index is 10.9. The standard InChI is InChI=1S/C25H38O14/c1-12-15(27)17(29)19(31)22(37-12)35-9-14-16(28)18(30)20(39-24-21(32)25(33,10-26)11-36-24)23(38-14)34-8-7-13-5-3-2-4-6-13/h2-6,12,14-24,26-33H,7-11H2,1H3/t12-,14+,15-,16+,17+,18-,19+,20+,21-,22+,23+,24-,25+/m0/s1. The molecule has 0 bridgehead atoms. The highest BCUT2D eigenvalue weighted by Crippen LogP contribution is 2.32. The van der Waals surface area contributed by atoms with Gasteiger partial charge in [0.05, 0.1) is 32.5 Å². The fraction of sp³-hybridized carbons (Fsp3) is 0.760. The summed E-state index contributed by atoms with van der Waals surface area (Å²) in [6, 6.07) is 9.40. The highest BCUT2D eigenvalue weighted by atomic mass is 16.8. The van der Waals surface area contributed by atoms with Crippen molar-refractivity contribution in [3.05, 3.63) is 35.9 Å². The monoisotopic (exact) mass is 562 g/mol. The minimum Gasteiger partial charge on any atom is -0.393 e. The van der Waals surface area contributed by atoms with E-state index in [1.54, 1.807) is 0 Å². The van der Waals surface area contributed by atoms with Gasteiger partial charge in [-0.15, -0.1) is 0 Å². The van der Waals surface area contributed by atoms with Gasteiger partial charge in [0.1, 0.15) is 54.4 Å². The molecule has 4 rings (SSSR count). The zero-order chi connectivity index (χ0) is 28.3. The molecule has 0 saturated carbocycles. The maximum atomic E-state index is 10.9. The van der Waals surface area contributed by atoms with Gasteiger partial charge in [-0.05, 0) is 18.9 Å². The lowest BCUT2D eigenvalue weighted by atomic mass is 9.98. The van der Waals surface area contributed by atoms with E-state index in [0.717, 1.165) is 5.56 Å². The predicted molar refractivity (Wildman–Crippen MR) is 128 cm³/mol. The van der Waals surface area contributed by atoms with E-state index < -0.39 is 99.2 Å². The molecule has 3 aliphatic rings. The highest BCUT2D eigenvalue weighted by molar-refractivity contribution is 5.14. The van der Waals surface area contributed by atoms with E-state index in [-0.39, 0.29) is 6.61 Å². The average Bonchev–Trinajstić information content (AvgIpc) is 3.22. The summed E-state index contributed by atoms with van der Waals surface area (Å²) in [5, 5.41) is 81.9. The quantitative estimate of drug-likeness (QED) is 0.138. The minimum absolute atomic E-state index is 0.117. The van der Waals surface area contributed by atoms with Gasteiger partial charge in [0, 0.05) is 0 Å². The van der Waals surface area contributed by atoms with Crippen LogP contribution < -0.4 is 0 Å². The van der Waals surface area contributed by atoms with Gasteiger partial charge in [0.25, 0.3) is 0 Å². The van der Waals surface area contributed by atoms with Gasteiger partial charge in [0.15, 0.2) is 18.9 Å². The molecule has 3 fully saturated rings. The van der Waals surface area contributed by atoms with Crippen LogP contribution in [0.4, 0.5) is 0 Å². The molecule has 8 N–H and O–H groups in total. The fourth-order valence-electron chi connectivity index (χ4n) is 4.66. The van der Waals surface area contributed by atoms with E-state index in [0.29, 0.717) is 6.42 Å². The summed E-state index contributed by atoms with van der Waals surface area (Å²) in [7, 11) is 0. The van der Waals surface area contributed by atoms with Crippen molar-refractivity contribution in [1.29, 1.82) is 0 Å². The topological polar surface area (TPSA) is 217 Å². The summed E-state index contributed by atoms with van der Waals surface area (Å²) in [6.45, 7) is -0.0303. The maximum Gasteiger partial charge on any atom is 0.187 e.